The first-order valence-corrected chi connectivity index (χ1v) is 11.2. The van der Waals surface area contributed by atoms with Gasteiger partial charge in [-0.05, 0) is 38.0 Å². The van der Waals surface area contributed by atoms with Crippen LogP contribution >= 0.6 is 11.8 Å². The Morgan fingerprint density at radius 3 is 2.73 bits per heavy atom. The lowest BCUT2D eigenvalue weighted by molar-refractivity contribution is -0.119. The molecule has 0 fully saturated rings. The van der Waals surface area contributed by atoms with Gasteiger partial charge in [-0.1, -0.05) is 32.0 Å². The molecular weight excluding hydrogens is 372 g/mol. The molecule has 1 aromatic heterocycles. The van der Waals surface area contributed by atoms with Gasteiger partial charge in [0.25, 0.3) is 0 Å². The number of nitrogens with zero attached hydrogens (tertiary/aromatic N) is 2. The van der Waals surface area contributed by atoms with E-state index in [0.717, 1.165) is 31.3 Å². The first-order valence-electron chi connectivity index (χ1n) is 8.71. The maximum atomic E-state index is 12.0. The van der Waals surface area contributed by atoms with Crippen LogP contribution in [0.5, 0.6) is 0 Å². The maximum absolute atomic E-state index is 12.0. The van der Waals surface area contributed by atoms with Gasteiger partial charge in [0, 0.05) is 12.6 Å². The van der Waals surface area contributed by atoms with Gasteiger partial charge in [-0.25, -0.2) is 18.5 Å². The summed E-state index contributed by atoms with van der Waals surface area (Å²) < 4.78 is 25.2. The van der Waals surface area contributed by atoms with E-state index in [9.17, 15) is 13.2 Å². The molecule has 0 aliphatic heterocycles. The van der Waals surface area contributed by atoms with E-state index in [-0.39, 0.29) is 22.6 Å². The van der Waals surface area contributed by atoms with Crippen molar-refractivity contribution < 1.29 is 13.2 Å². The number of imidazole rings is 1. The van der Waals surface area contributed by atoms with Crippen LogP contribution in [-0.2, 0) is 21.4 Å². The third-order valence-corrected chi connectivity index (χ3v) is 5.99. The molecule has 1 atom stereocenters. The lowest BCUT2D eigenvalue weighted by atomic mass is 10.3. The Kier molecular flexibility index (Phi) is 7.08. The minimum atomic E-state index is -3.78. The van der Waals surface area contributed by atoms with Crippen LogP contribution in [-0.4, -0.2) is 35.7 Å². The number of hydrogen-bond acceptors (Lipinski definition) is 5. The lowest BCUT2D eigenvalue weighted by Gasteiger charge is -2.11. The third-order valence-electron chi connectivity index (χ3n) is 4.10. The number of rotatable bonds is 9. The molecule has 1 unspecified atom stereocenters. The number of carbonyl (C=O) groups is 1. The number of unbranched alkanes of at least 4 members (excludes halogenated alkanes) is 1. The van der Waals surface area contributed by atoms with Crippen molar-refractivity contribution in [2.24, 2.45) is 5.14 Å². The molecule has 1 aromatic carbocycles. The first kappa shape index (κ1) is 20.7. The fourth-order valence-electron chi connectivity index (χ4n) is 2.46. The van der Waals surface area contributed by atoms with E-state index in [1.165, 1.54) is 23.9 Å². The van der Waals surface area contributed by atoms with Crippen molar-refractivity contribution in [2.45, 2.75) is 62.7 Å². The molecule has 26 heavy (non-hydrogen) atoms. The normalized spacial score (nSPS) is 13.1. The van der Waals surface area contributed by atoms with Gasteiger partial charge in [0.05, 0.1) is 21.7 Å². The minimum Gasteiger partial charge on any atom is -0.353 e. The van der Waals surface area contributed by atoms with Crippen LogP contribution in [0.25, 0.3) is 11.0 Å². The quantitative estimate of drug-likeness (QED) is 0.631. The van der Waals surface area contributed by atoms with Gasteiger partial charge in [0.15, 0.2) is 5.16 Å². The molecular formula is C17H26N4O3S2. The molecule has 7 nitrogen and oxygen atoms in total. The number of hydrogen-bond donors (Lipinski definition) is 2. The summed E-state index contributed by atoms with van der Waals surface area (Å²) in [6, 6.07) is 4.84. The molecule has 3 N–H and O–H groups in total. The molecule has 0 aliphatic carbocycles. The van der Waals surface area contributed by atoms with E-state index < -0.39 is 10.0 Å². The van der Waals surface area contributed by atoms with Gasteiger partial charge in [-0.3, -0.25) is 4.79 Å². The SMILES string of the molecule is CCCCn1c(SCC(=O)NC(C)CC)nc2cc(S(N)(=O)=O)ccc21. The van der Waals surface area contributed by atoms with Crippen molar-refractivity contribution in [3.63, 3.8) is 0 Å². The van der Waals surface area contributed by atoms with Crippen LogP contribution < -0.4 is 10.5 Å². The Labute approximate surface area is 158 Å². The van der Waals surface area contributed by atoms with Crippen LogP contribution in [0.15, 0.2) is 28.3 Å². The van der Waals surface area contributed by atoms with Crippen LogP contribution in [0.1, 0.15) is 40.0 Å². The Balaban J connectivity index is 2.29. The number of thioether (sulfide) groups is 1. The second kappa shape index (κ2) is 8.88. The number of aryl methyl sites for hydroxylation is 1. The number of sulfonamides is 1. The standard InChI is InChI=1S/C17H26N4O3S2/c1-4-6-9-21-15-8-7-13(26(18,23)24)10-14(15)20-17(21)25-11-16(22)19-12(3)5-2/h7-8,10,12H,4-6,9,11H2,1-3H3,(H,19,22)(H2,18,23,24). The van der Waals surface area contributed by atoms with E-state index in [1.807, 2.05) is 18.4 Å². The largest absolute Gasteiger partial charge is 0.353 e. The van der Waals surface area contributed by atoms with Crippen molar-refractivity contribution in [1.29, 1.82) is 0 Å². The summed E-state index contributed by atoms with van der Waals surface area (Å²) in [5.74, 6) is 0.227. The first-order chi connectivity index (χ1) is 12.3. The highest BCUT2D eigenvalue weighted by Crippen LogP contribution is 2.26. The molecule has 9 heteroatoms. The number of nitrogens with two attached hydrogens (primary N) is 1. The number of amides is 1. The summed E-state index contributed by atoms with van der Waals surface area (Å²) in [6.45, 7) is 6.85. The average Bonchev–Trinajstić information content (AvgIpc) is 2.93. The van der Waals surface area contributed by atoms with Gasteiger partial charge in [-0.15, -0.1) is 0 Å². The molecule has 1 amide bonds. The van der Waals surface area contributed by atoms with Crippen molar-refractivity contribution >= 4 is 38.7 Å². The monoisotopic (exact) mass is 398 g/mol. The Bertz CT molecular complexity index is 878. The van der Waals surface area contributed by atoms with E-state index in [4.69, 9.17) is 5.14 Å². The van der Waals surface area contributed by atoms with Crippen molar-refractivity contribution in [3.05, 3.63) is 18.2 Å². The number of carbonyl (C=O) groups excluding carboxylic acids is 1. The number of aromatic nitrogens is 2. The summed E-state index contributed by atoms with van der Waals surface area (Å²) in [7, 11) is -3.78. The lowest BCUT2D eigenvalue weighted by Crippen LogP contribution is -2.33. The highest BCUT2D eigenvalue weighted by Gasteiger charge is 2.16. The van der Waals surface area contributed by atoms with Crippen LogP contribution in [0.3, 0.4) is 0 Å². The van der Waals surface area contributed by atoms with Crippen molar-refractivity contribution in [1.82, 2.24) is 14.9 Å². The summed E-state index contributed by atoms with van der Waals surface area (Å²) >= 11 is 1.36. The predicted molar refractivity (Wildman–Crippen MR) is 105 cm³/mol. The van der Waals surface area contributed by atoms with Gasteiger partial charge in [0.2, 0.25) is 15.9 Å². The van der Waals surface area contributed by atoms with Gasteiger partial charge < -0.3 is 9.88 Å². The molecule has 1 heterocycles. The van der Waals surface area contributed by atoms with Crippen LogP contribution in [0, 0.1) is 0 Å². The Morgan fingerprint density at radius 2 is 2.12 bits per heavy atom. The fraction of sp³-hybridized carbons (Fsp3) is 0.529. The summed E-state index contributed by atoms with van der Waals surface area (Å²) in [5, 5.41) is 8.85. The highest BCUT2D eigenvalue weighted by molar-refractivity contribution is 7.99. The Hall–Kier alpha value is -1.58. The zero-order valence-electron chi connectivity index (χ0n) is 15.4. The fourth-order valence-corrected chi connectivity index (χ4v) is 3.84. The molecule has 0 saturated carbocycles. The van der Waals surface area contributed by atoms with E-state index >= 15 is 0 Å². The molecule has 0 aliphatic rings. The second-order valence-electron chi connectivity index (χ2n) is 6.26. The molecule has 2 aromatic rings. The van der Waals surface area contributed by atoms with Crippen molar-refractivity contribution in [3.8, 4) is 0 Å². The predicted octanol–water partition coefficient (Wildman–Crippen LogP) is 2.49. The smallest absolute Gasteiger partial charge is 0.238 e. The van der Waals surface area contributed by atoms with E-state index in [0.29, 0.717) is 10.7 Å². The second-order valence-corrected chi connectivity index (χ2v) is 8.76. The van der Waals surface area contributed by atoms with Crippen molar-refractivity contribution in [2.75, 3.05) is 5.75 Å². The number of fused-ring (bicyclic) bond motifs is 1. The van der Waals surface area contributed by atoms with E-state index in [1.54, 1.807) is 6.07 Å². The topological polar surface area (TPSA) is 107 Å². The molecule has 0 saturated heterocycles. The molecule has 2 rings (SSSR count). The zero-order chi connectivity index (χ0) is 19.3. The molecule has 0 spiro atoms. The third kappa shape index (κ3) is 5.21. The minimum absolute atomic E-state index is 0.0382. The number of benzene rings is 1. The molecule has 0 radical (unpaired) electrons. The van der Waals surface area contributed by atoms with Crippen LogP contribution in [0.4, 0.5) is 0 Å². The summed E-state index contributed by atoms with van der Waals surface area (Å²) in [5.41, 5.74) is 1.41. The number of primary sulfonamides is 1. The molecule has 0 bridgehead atoms. The van der Waals surface area contributed by atoms with Gasteiger partial charge in [-0.2, -0.15) is 0 Å². The average molecular weight is 399 g/mol. The zero-order valence-corrected chi connectivity index (χ0v) is 17.0. The van der Waals surface area contributed by atoms with Crippen LogP contribution in [0.2, 0.25) is 0 Å². The Morgan fingerprint density at radius 1 is 1.38 bits per heavy atom. The highest BCUT2D eigenvalue weighted by atomic mass is 32.2. The summed E-state index contributed by atoms with van der Waals surface area (Å²) in [6.07, 6.45) is 2.87. The van der Waals surface area contributed by atoms with E-state index in [2.05, 4.69) is 17.2 Å². The summed E-state index contributed by atoms with van der Waals surface area (Å²) in [4.78, 5) is 16.6. The number of nitrogens with one attached hydrogen (secondary N) is 1. The molecule has 144 valence electrons. The van der Waals surface area contributed by atoms with Gasteiger partial charge >= 0.3 is 0 Å². The van der Waals surface area contributed by atoms with Gasteiger partial charge in [0.1, 0.15) is 0 Å². The maximum Gasteiger partial charge on any atom is 0.238 e.